The van der Waals surface area contributed by atoms with Crippen LogP contribution in [0.1, 0.15) is 44.1 Å². The van der Waals surface area contributed by atoms with Gasteiger partial charge in [0.15, 0.2) is 0 Å². The van der Waals surface area contributed by atoms with Crippen LogP contribution in [0, 0.1) is 0 Å². The van der Waals surface area contributed by atoms with Gasteiger partial charge >= 0.3 is 0 Å². The average molecular weight is 374 g/mol. The zero-order valence-electron chi connectivity index (χ0n) is 15.9. The Balaban J connectivity index is 1.22. The molecule has 2 N–H and O–H groups in total. The minimum absolute atomic E-state index is 0.00883. The minimum atomic E-state index is -0.266. The number of carbonyl (C=O) groups is 1. The second-order valence-corrected chi connectivity index (χ2v) is 8.11. The molecule has 3 heterocycles. The Bertz CT molecular complexity index is 651. The van der Waals surface area contributed by atoms with Crippen molar-refractivity contribution in [3.63, 3.8) is 0 Å². The van der Waals surface area contributed by atoms with Crippen LogP contribution in [0.4, 0.5) is 0 Å². The third-order valence-electron chi connectivity index (χ3n) is 6.22. The summed E-state index contributed by atoms with van der Waals surface area (Å²) in [7, 11) is 0. The number of likely N-dealkylation sites (tertiary alicyclic amines) is 1. The van der Waals surface area contributed by atoms with Crippen LogP contribution in [0.5, 0.6) is 5.75 Å². The maximum atomic E-state index is 12.1. The lowest BCUT2D eigenvalue weighted by molar-refractivity contribution is -0.131. The van der Waals surface area contributed by atoms with Gasteiger partial charge in [0.05, 0.1) is 11.7 Å². The van der Waals surface area contributed by atoms with Crippen molar-refractivity contribution in [3.8, 4) is 5.75 Å². The average Bonchev–Trinajstić information content (AvgIpc) is 3.35. The van der Waals surface area contributed by atoms with Crippen molar-refractivity contribution >= 4 is 5.91 Å². The fourth-order valence-electron chi connectivity index (χ4n) is 4.52. The van der Waals surface area contributed by atoms with Crippen LogP contribution in [0.2, 0.25) is 0 Å². The molecule has 0 saturated carbocycles. The molecule has 3 aliphatic heterocycles. The number of nitrogens with one attached hydrogen (secondary N) is 1. The second kappa shape index (κ2) is 8.17. The molecule has 0 aliphatic carbocycles. The van der Waals surface area contributed by atoms with E-state index in [1.807, 2.05) is 18.2 Å². The first-order chi connectivity index (χ1) is 13.1. The summed E-state index contributed by atoms with van der Waals surface area (Å²) in [6.07, 6.45) is 5.74. The van der Waals surface area contributed by atoms with E-state index in [2.05, 4.69) is 10.2 Å². The number of nitrogens with zero attached hydrogens (tertiary/aromatic N) is 1. The maximum Gasteiger partial charge on any atom is 0.249 e. The van der Waals surface area contributed by atoms with Crippen molar-refractivity contribution in [1.29, 1.82) is 0 Å². The van der Waals surface area contributed by atoms with Gasteiger partial charge in [-0.15, -0.1) is 0 Å². The summed E-state index contributed by atoms with van der Waals surface area (Å²) in [5.74, 6) is 0.381. The van der Waals surface area contributed by atoms with Crippen LogP contribution >= 0.6 is 0 Å². The monoisotopic (exact) mass is 374 g/mol. The maximum absolute atomic E-state index is 12.1. The summed E-state index contributed by atoms with van der Waals surface area (Å²) in [6.45, 7) is 4.01. The highest BCUT2D eigenvalue weighted by Crippen LogP contribution is 2.39. The summed E-state index contributed by atoms with van der Waals surface area (Å²) in [5.41, 5.74) is 0.949. The number of piperidine rings is 1. The van der Waals surface area contributed by atoms with Gasteiger partial charge in [-0.2, -0.15) is 0 Å². The van der Waals surface area contributed by atoms with Crippen LogP contribution in [-0.2, 0) is 20.8 Å². The molecule has 27 heavy (non-hydrogen) atoms. The molecule has 1 spiro atoms. The van der Waals surface area contributed by atoms with Gasteiger partial charge < -0.3 is 19.9 Å². The highest BCUT2D eigenvalue weighted by molar-refractivity contribution is 5.80. The summed E-state index contributed by atoms with van der Waals surface area (Å²) < 4.78 is 11.8. The third kappa shape index (κ3) is 4.45. The number of para-hydroxylation sites is 1. The number of amides is 1. The molecule has 3 fully saturated rings. The fraction of sp³-hybridized carbons (Fsp3) is 0.667. The molecule has 148 valence electrons. The highest BCUT2D eigenvalue weighted by atomic mass is 16.5. The predicted octanol–water partition coefficient (Wildman–Crippen LogP) is 2.20. The number of phenols is 1. The standard InChI is InChI=1S/C21H30N2O4/c24-18-5-2-1-4-16(18)15-23-11-9-21(10-12-23)8-7-17(27-21)14-22-20(25)19-6-3-13-26-19/h1-2,4-5,17,19,24H,3,6-15H2,(H,22,25). The van der Waals surface area contributed by atoms with E-state index in [1.54, 1.807) is 6.07 Å². The van der Waals surface area contributed by atoms with E-state index in [0.29, 0.717) is 18.9 Å². The Morgan fingerprint density at radius 2 is 2.04 bits per heavy atom. The lowest BCUT2D eigenvalue weighted by atomic mass is 9.88. The zero-order valence-corrected chi connectivity index (χ0v) is 15.9. The third-order valence-corrected chi connectivity index (χ3v) is 6.22. The molecule has 6 heteroatoms. The van der Waals surface area contributed by atoms with E-state index in [4.69, 9.17) is 9.47 Å². The SMILES string of the molecule is O=C(NCC1CCC2(CCN(Cc3ccccc3O)CC2)O1)C1CCCO1. The Morgan fingerprint density at radius 3 is 2.78 bits per heavy atom. The predicted molar refractivity (Wildman–Crippen MR) is 101 cm³/mol. The van der Waals surface area contributed by atoms with Gasteiger partial charge in [-0.1, -0.05) is 18.2 Å². The minimum Gasteiger partial charge on any atom is -0.508 e. The van der Waals surface area contributed by atoms with E-state index in [0.717, 1.165) is 63.7 Å². The van der Waals surface area contributed by atoms with Gasteiger partial charge in [0, 0.05) is 38.3 Å². The van der Waals surface area contributed by atoms with Crippen LogP contribution in [0.3, 0.4) is 0 Å². The zero-order chi connectivity index (χ0) is 18.7. The first-order valence-electron chi connectivity index (χ1n) is 10.2. The topological polar surface area (TPSA) is 71.0 Å². The van der Waals surface area contributed by atoms with Crippen molar-refractivity contribution in [2.24, 2.45) is 0 Å². The quantitative estimate of drug-likeness (QED) is 0.827. The molecule has 0 bridgehead atoms. The number of aromatic hydroxyl groups is 1. The Hall–Kier alpha value is -1.63. The molecule has 1 aromatic rings. The number of hydrogen-bond acceptors (Lipinski definition) is 5. The Morgan fingerprint density at radius 1 is 1.22 bits per heavy atom. The molecular formula is C21H30N2O4. The fourth-order valence-corrected chi connectivity index (χ4v) is 4.52. The summed E-state index contributed by atoms with van der Waals surface area (Å²) in [6, 6.07) is 7.55. The molecule has 4 rings (SSSR count). The molecule has 0 radical (unpaired) electrons. The van der Waals surface area contributed by atoms with Crippen LogP contribution in [-0.4, -0.2) is 60.0 Å². The molecule has 1 amide bonds. The lowest BCUT2D eigenvalue weighted by Gasteiger charge is -2.39. The van der Waals surface area contributed by atoms with E-state index >= 15 is 0 Å². The normalized spacial score (nSPS) is 27.9. The lowest BCUT2D eigenvalue weighted by Crippen LogP contribution is -2.45. The largest absolute Gasteiger partial charge is 0.508 e. The van der Waals surface area contributed by atoms with Gasteiger partial charge in [0.25, 0.3) is 0 Å². The van der Waals surface area contributed by atoms with Gasteiger partial charge in [0.1, 0.15) is 11.9 Å². The van der Waals surface area contributed by atoms with Crippen LogP contribution in [0.25, 0.3) is 0 Å². The van der Waals surface area contributed by atoms with Gasteiger partial charge in [-0.3, -0.25) is 9.69 Å². The van der Waals surface area contributed by atoms with E-state index in [9.17, 15) is 9.90 Å². The van der Waals surface area contributed by atoms with Crippen LogP contribution < -0.4 is 5.32 Å². The molecule has 2 atom stereocenters. The molecule has 1 aromatic carbocycles. The Labute approximate surface area is 160 Å². The van der Waals surface area contributed by atoms with Crippen molar-refractivity contribution in [3.05, 3.63) is 29.8 Å². The van der Waals surface area contributed by atoms with Gasteiger partial charge in [-0.05, 0) is 44.6 Å². The number of benzene rings is 1. The molecule has 6 nitrogen and oxygen atoms in total. The molecule has 3 aliphatic rings. The number of phenolic OH excluding ortho intramolecular Hbond substituents is 1. The summed E-state index contributed by atoms with van der Waals surface area (Å²) in [5, 5.41) is 13.0. The molecule has 0 aromatic heterocycles. The van der Waals surface area contributed by atoms with Gasteiger partial charge in [-0.25, -0.2) is 0 Å². The van der Waals surface area contributed by atoms with E-state index in [-0.39, 0.29) is 23.7 Å². The molecular weight excluding hydrogens is 344 g/mol. The van der Waals surface area contributed by atoms with Crippen molar-refractivity contribution in [1.82, 2.24) is 10.2 Å². The van der Waals surface area contributed by atoms with Crippen molar-refractivity contribution < 1.29 is 19.4 Å². The number of ether oxygens (including phenoxy) is 2. The number of rotatable bonds is 5. The van der Waals surface area contributed by atoms with Crippen molar-refractivity contribution in [2.75, 3.05) is 26.2 Å². The second-order valence-electron chi connectivity index (χ2n) is 8.11. The Kier molecular flexibility index (Phi) is 5.66. The smallest absolute Gasteiger partial charge is 0.249 e. The highest BCUT2D eigenvalue weighted by Gasteiger charge is 2.42. The number of hydrogen-bond donors (Lipinski definition) is 2. The number of carbonyl (C=O) groups excluding carboxylic acids is 1. The van der Waals surface area contributed by atoms with Gasteiger partial charge in [0.2, 0.25) is 5.91 Å². The first kappa shape index (κ1) is 18.7. The summed E-state index contributed by atoms with van der Waals surface area (Å²) >= 11 is 0. The van der Waals surface area contributed by atoms with Crippen molar-refractivity contribution in [2.45, 2.75) is 62.9 Å². The van der Waals surface area contributed by atoms with Crippen LogP contribution in [0.15, 0.2) is 24.3 Å². The first-order valence-corrected chi connectivity index (χ1v) is 10.2. The van der Waals surface area contributed by atoms with E-state index < -0.39 is 0 Å². The molecule has 3 saturated heterocycles. The molecule has 2 unspecified atom stereocenters. The van der Waals surface area contributed by atoms with E-state index in [1.165, 1.54) is 0 Å². The summed E-state index contributed by atoms with van der Waals surface area (Å²) in [4.78, 5) is 14.5.